The van der Waals surface area contributed by atoms with Gasteiger partial charge in [0.05, 0.1) is 0 Å². The fourth-order valence-electron chi connectivity index (χ4n) is 1.55. The Morgan fingerprint density at radius 3 is 2.31 bits per heavy atom. The van der Waals surface area contributed by atoms with E-state index in [-0.39, 0.29) is 0 Å². The Balaban J connectivity index is 2.46. The zero-order valence-corrected chi connectivity index (χ0v) is 8.58. The maximum Gasteiger partial charge on any atom is 0.159 e. The van der Waals surface area contributed by atoms with E-state index in [0.29, 0.717) is 12.1 Å². The van der Waals surface area contributed by atoms with Gasteiger partial charge in [0.25, 0.3) is 0 Å². The first-order valence-corrected chi connectivity index (χ1v) is 4.95. The molecular formula is C13H11F2N. The second-order valence-electron chi connectivity index (χ2n) is 3.53. The first-order valence-electron chi connectivity index (χ1n) is 4.95. The molecule has 0 atom stereocenters. The fraction of sp³-hybridized carbons (Fsp3) is 0.0769. The molecule has 2 N–H and O–H groups in total. The summed E-state index contributed by atoms with van der Waals surface area (Å²) < 4.78 is 25.8. The van der Waals surface area contributed by atoms with Crippen molar-refractivity contribution >= 4 is 0 Å². The van der Waals surface area contributed by atoms with Crippen LogP contribution in [0.15, 0.2) is 42.5 Å². The molecule has 2 aromatic rings. The fourth-order valence-corrected chi connectivity index (χ4v) is 1.55. The summed E-state index contributed by atoms with van der Waals surface area (Å²) in [6.45, 7) is 0.428. The zero-order valence-electron chi connectivity index (χ0n) is 8.58. The Labute approximate surface area is 92.5 Å². The summed E-state index contributed by atoms with van der Waals surface area (Å²) >= 11 is 0. The molecule has 0 spiro atoms. The van der Waals surface area contributed by atoms with Crippen LogP contribution in [0.2, 0.25) is 0 Å². The van der Waals surface area contributed by atoms with Crippen LogP contribution in [0.25, 0.3) is 11.1 Å². The van der Waals surface area contributed by atoms with Gasteiger partial charge in [-0.1, -0.05) is 24.3 Å². The maximum absolute atomic E-state index is 13.0. The molecule has 2 rings (SSSR count). The van der Waals surface area contributed by atoms with Crippen LogP contribution >= 0.6 is 0 Å². The lowest BCUT2D eigenvalue weighted by Crippen LogP contribution is -1.96. The summed E-state index contributed by atoms with van der Waals surface area (Å²) in [4.78, 5) is 0. The summed E-state index contributed by atoms with van der Waals surface area (Å²) in [6, 6.07) is 11.3. The molecule has 0 heterocycles. The van der Waals surface area contributed by atoms with Gasteiger partial charge in [0.1, 0.15) is 0 Å². The van der Waals surface area contributed by atoms with Crippen molar-refractivity contribution in [2.45, 2.75) is 6.54 Å². The van der Waals surface area contributed by atoms with E-state index in [1.54, 1.807) is 6.07 Å². The third-order valence-electron chi connectivity index (χ3n) is 2.42. The van der Waals surface area contributed by atoms with E-state index in [4.69, 9.17) is 5.73 Å². The predicted octanol–water partition coefficient (Wildman–Crippen LogP) is 3.09. The van der Waals surface area contributed by atoms with Crippen LogP contribution in [0.4, 0.5) is 8.78 Å². The van der Waals surface area contributed by atoms with Crippen LogP contribution in [-0.2, 0) is 6.54 Å². The largest absolute Gasteiger partial charge is 0.326 e. The van der Waals surface area contributed by atoms with Gasteiger partial charge in [0, 0.05) is 6.54 Å². The third kappa shape index (κ3) is 2.09. The third-order valence-corrected chi connectivity index (χ3v) is 2.42. The molecule has 0 saturated heterocycles. The highest BCUT2D eigenvalue weighted by atomic mass is 19.2. The standard InChI is InChI=1S/C13H11F2N/c14-12-5-4-11(7-13(12)15)10-3-1-2-9(6-10)8-16/h1-7H,8,16H2. The van der Waals surface area contributed by atoms with Gasteiger partial charge in [0.2, 0.25) is 0 Å². The van der Waals surface area contributed by atoms with Crippen molar-refractivity contribution in [1.29, 1.82) is 0 Å². The lowest BCUT2D eigenvalue weighted by molar-refractivity contribution is 0.509. The molecule has 0 saturated carbocycles. The van der Waals surface area contributed by atoms with Crippen LogP contribution in [0.5, 0.6) is 0 Å². The molecule has 0 fully saturated rings. The number of halogens is 2. The molecule has 16 heavy (non-hydrogen) atoms. The van der Waals surface area contributed by atoms with Gasteiger partial charge in [-0.25, -0.2) is 8.78 Å². The van der Waals surface area contributed by atoms with Gasteiger partial charge < -0.3 is 5.73 Å². The van der Waals surface area contributed by atoms with Gasteiger partial charge in [-0.05, 0) is 34.9 Å². The lowest BCUT2D eigenvalue weighted by Gasteiger charge is -2.04. The highest BCUT2D eigenvalue weighted by molar-refractivity contribution is 5.64. The van der Waals surface area contributed by atoms with E-state index < -0.39 is 11.6 Å². The molecule has 3 heteroatoms. The number of hydrogen-bond acceptors (Lipinski definition) is 1. The highest BCUT2D eigenvalue weighted by Gasteiger charge is 2.04. The smallest absolute Gasteiger partial charge is 0.159 e. The van der Waals surface area contributed by atoms with Crippen molar-refractivity contribution in [2.75, 3.05) is 0 Å². The Morgan fingerprint density at radius 1 is 0.875 bits per heavy atom. The van der Waals surface area contributed by atoms with Crippen LogP contribution < -0.4 is 5.73 Å². The Hall–Kier alpha value is -1.74. The van der Waals surface area contributed by atoms with Crippen molar-refractivity contribution in [3.8, 4) is 11.1 Å². The molecule has 1 nitrogen and oxygen atoms in total. The molecular weight excluding hydrogens is 208 g/mol. The van der Waals surface area contributed by atoms with Crippen LogP contribution in [0.1, 0.15) is 5.56 Å². The normalized spacial score (nSPS) is 10.4. The second kappa shape index (κ2) is 4.41. The monoisotopic (exact) mass is 219 g/mol. The molecule has 0 aliphatic carbocycles. The number of nitrogens with two attached hydrogens (primary N) is 1. The molecule has 0 radical (unpaired) electrons. The average Bonchev–Trinajstić information content (AvgIpc) is 2.33. The van der Waals surface area contributed by atoms with E-state index in [1.807, 2.05) is 24.3 Å². The molecule has 0 aliphatic heterocycles. The zero-order chi connectivity index (χ0) is 11.5. The lowest BCUT2D eigenvalue weighted by atomic mass is 10.0. The Morgan fingerprint density at radius 2 is 1.62 bits per heavy atom. The van der Waals surface area contributed by atoms with Gasteiger partial charge in [0.15, 0.2) is 11.6 Å². The Bertz CT molecular complexity index is 509. The van der Waals surface area contributed by atoms with Crippen molar-refractivity contribution in [1.82, 2.24) is 0 Å². The molecule has 82 valence electrons. The summed E-state index contributed by atoms with van der Waals surface area (Å²) in [7, 11) is 0. The van der Waals surface area contributed by atoms with E-state index in [0.717, 1.165) is 17.2 Å². The van der Waals surface area contributed by atoms with Gasteiger partial charge >= 0.3 is 0 Å². The minimum atomic E-state index is -0.837. The first-order chi connectivity index (χ1) is 7.70. The SMILES string of the molecule is NCc1cccc(-c2ccc(F)c(F)c2)c1. The van der Waals surface area contributed by atoms with Crippen LogP contribution in [-0.4, -0.2) is 0 Å². The molecule has 0 aliphatic rings. The summed E-state index contributed by atoms with van der Waals surface area (Å²) in [5.41, 5.74) is 7.96. The van der Waals surface area contributed by atoms with Crippen molar-refractivity contribution in [3.63, 3.8) is 0 Å². The minimum absolute atomic E-state index is 0.428. The van der Waals surface area contributed by atoms with Crippen molar-refractivity contribution < 1.29 is 8.78 Å². The first kappa shape index (κ1) is 10.8. The predicted molar refractivity (Wildman–Crippen MR) is 59.7 cm³/mol. The molecule has 0 amide bonds. The second-order valence-corrected chi connectivity index (χ2v) is 3.53. The molecule has 0 unspecified atom stereocenters. The van der Waals surface area contributed by atoms with Gasteiger partial charge in [-0.15, -0.1) is 0 Å². The summed E-state index contributed by atoms with van der Waals surface area (Å²) in [5.74, 6) is -1.67. The van der Waals surface area contributed by atoms with E-state index in [9.17, 15) is 8.78 Å². The van der Waals surface area contributed by atoms with Gasteiger partial charge in [-0.2, -0.15) is 0 Å². The molecule has 0 aromatic heterocycles. The van der Waals surface area contributed by atoms with Crippen LogP contribution in [0, 0.1) is 11.6 Å². The average molecular weight is 219 g/mol. The molecule has 0 bridgehead atoms. The summed E-state index contributed by atoms with van der Waals surface area (Å²) in [6.07, 6.45) is 0. The maximum atomic E-state index is 13.0. The number of hydrogen-bond donors (Lipinski definition) is 1. The highest BCUT2D eigenvalue weighted by Crippen LogP contribution is 2.22. The molecule has 2 aromatic carbocycles. The van der Waals surface area contributed by atoms with E-state index >= 15 is 0 Å². The van der Waals surface area contributed by atoms with Crippen molar-refractivity contribution in [2.24, 2.45) is 5.73 Å². The van der Waals surface area contributed by atoms with Crippen molar-refractivity contribution in [3.05, 3.63) is 59.7 Å². The quantitative estimate of drug-likeness (QED) is 0.825. The minimum Gasteiger partial charge on any atom is -0.326 e. The summed E-state index contributed by atoms with van der Waals surface area (Å²) in [5, 5.41) is 0. The van der Waals surface area contributed by atoms with Gasteiger partial charge in [-0.3, -0.25) is 0 Å². The number of benzene rings is 2. The Kier molecular flexibility index (Phi) is 2.97. The van der Waals surface area contributed by atoms with E-state index in [1.165, 1.54) is 6.07 Å². The van der Waals surface area contributed by atoms with E-state index in [2.05, 4.69) is 0 Å². The van der Waals surface area contributed by atoms with Crippen LogP contribution in [0.3, 0.4) is 0 Å². The number of rotatable bonds is 2. The topological polar surface area (TPSA) is 26.0 Å².